The SMILES string of the molecule is O=C(c1cccs1)N1CCN(c2cc(-c3ccc(F)cc3)ncn2)CC1. The molecular formula is C19H17FN4OS. The molecule has 1 saturated heterocycles. The number of anilines is 1. The molecule has 3 heterocycles. The number of hydrogen-bond donors (Lipinski definition) is 0. The normalized spacial score (nSPS) is 14.5. The highest BCUT2D eigenvalue weighted by molar-refractivity contribution is 7.12. The fourth-order valence-corrected chi connectivity index (χ4v) is 3.68. The summed E-state index contributed by atoms with van der Waals surface area (Å²) in [6.45, 7) is 2.76. The average Bonchev–Trinajstić information content (AvgIpc) is 3.23. The van der Waals surface area contributed by atoms with Crippen molar-refractivity contribution in [3.05, 3.63) is 64.9 Å². The molecule has 1 fully saturated rings. The summed E-state index contributed by atoms with van der Waals surface area (Å²) in [7, 11) is 0. The molecule has 0 spiro atoms. The van der Waals surface area contributed by atoms with Gasteiger partial charge in [-0.05, 0) is 35.7 Å². The number of benzene rings is 1. The van der Waals surface area contributed by atoms with Gasteiger partial charge < -0.3 is 9.80 Å². The van der Waals surface area contributed by atoms with Gasteiger partial charge in [0.25, 0.3) is 5.91 Å². The molecule has 0 bridgehead atoms. The maximum Gasteiger partial charge on any atom is 0.264 e. The van der Waals surface area contributed by atoms with E-state index in [-0.39, 0.29) is 11.7 Å². The quantitative estimate of drug-likeness (QED) is 0.712. The van der Waals surface area contributed by atoms with Crippen molar-refractivity contribution in [3.63, 3.8) is 0 Å². The number of rotatable bonds is 3. The minimum atomic E-state index is -0.269. The number of carbonyl (C=O) groups excluding carboxylic acids is 1. The van der Waals surface area contributed by atoms with Crippen LogP contribution in [0.1, 0.15) is 9.67 Å². The Morgan fingerprint density at radius 2 is 1.81 bits per heavy atom. The van der Waals surface area contributed by atoms with Crippen molar-refractivity contribution >= 4 is 23.1 Å². The van der Waals surface area contributed by atoms with Gasteiger partial charge >= 0.3 is 0 Å². The summed E-state index contributed by atoms with van der Waals surface area (Å²) >= 11 is 1.47. The first-order valence-electron chi connectivity index (χ1n) is 8.36. The average molecular weight is 368 g/mol. The van der Waals surface area contributed by atoms with Crippen molar-refractivity contribution in [3.8, 4) is 11.3 Å². The molecule has 0 saturated carbocycles. The van der Waals surface area contributed by atoms with E-state index in [1.807, 2.05) is 28.5 Å². The van der Waals surface area contributed by atoms with Crippen LogP contribution in [0.5, 0.6) is 0 Å². The monoisotopic (exact) mass is 368 g/mol. The lowest BCUT2D eigenvalue weighted by atomic mass is 10.1. The smallest absolute Gasteiger partial charge is 0.264 e. The molecule has 2 aromatic heterocycles. The Hall–Kier alpha value is -2.80. The van der Waals surface area contributed by atoms with E-state index in [0.717, 1.165) is 35.0 Å². The second-order valence-corrected chi connectivity index (χ2v) is 6.97. The highest BCUT2D eigenvalue weighted by Crippen LogP contribution is 2.22. The lowest BCUT2D eigenvalue weighted by Gasteiger charge is -2.35. The number of thiophene rings is 1. The van der Waals surface area contributed by atoms with Crippen LogP contribution in [0.3, 0.4) is 0 Å². The van der Waals surface area contributed by atoms with Gasteiger partial charge in [-0.15, -0.1) is 11.3 Å². The summed E-state index contributed by atoms with van der Waals surface area (Å²) in [6, 6.07) is 11.9. The predicted molar refractivity (Wildman–Crippen MR) is 99.9 cm³/mol. The summed E-state index contributed by atoms with van der Waals surface area (Å²) in [5.41, 5.74) is 1.61. The zero-order valence-electron chi connectivity index (χ0n) is 14.0. The van der Waals surface area contributed by atoms with E-state index in [2.05, 4.69) is 14.9 Å². The zero-order valence-corrected chi connectivity index (χ0v) is 14.8. The van der Waals surface area contributed by atoms with Crippen LogP contribution in [0.2, 0.25) is 0 Å². The van der Waals surface area contributed by atoms with Crippen molar-refractivity contribution in [1.82, 2.24) is 14.9 Å². The second-order valence-electron chi connectivity index (χ2n) is 6.02. The Kier molecular flexibility index (Phi) is 4.62. The highest BCUT2D eigenvalue weighted by Gasteiger charge is 2.23. The molecule has 0 atom stereocenters. The fourth-order valence-electron chi connectivity index (χ4n) is 2.99. The Balaban J connectivity index is 1.45. The number of aromatic nitrogens is 2. The molecule has 1 aromatic carbocycles. The van der Waals surface area contributed by atoms with E-state index in [9.17, 15) is 9.18 Å². The van der Waals surface area contributed by atoms with E-state index >= 15 is 0 Å². The third-order valence-corrected chi connectivity index (χ3v) is 5.27. The molecule has 26 heavy (non-hydrogen) atoms. The van der Waals surface area contributed by atoms with Gasteiger partial charge in [-0.2, -0.15) is 0 Å². The standard InChI is InChI=1S/C19H17FN4OS/c20-15-5-3-14(4-6-15)16-12-18(22-13-21-16)23-7-9-24(10-8-23)19(25)17-2-1-11-26-17/h1-6,11-13H,7-10H2. The molecule has 0 N–H and O–H groups in total. The maximum absolute atomic E-state index is 13.1. The lowest BCUT2D eigenvalue weighted by molar-refractivity contribution is 0.0751. The van der Waals surface area contributed by atoms with Crippen LogP contribution in [-0.2, 0) is 0 Å². The van der Waals surface area contributed by atoms with Gasteiger partial charge in [0.05, 0.1) is 10.6 Å². The van der Waals surface area contributed by atoms with Gasteiger partial charge in [0.2, 0.25) is 0 Å². The third-order valence-electron chi connectivity index (χ3n) is 4.42. The van der Waals surface area contributed by atoms with Gasteiger partial charge in [-0.1, -0.05) is 6.07 Å². The number of piperazine rings is 1. The van der Waals surface area contributed by atoms with Gasteiger partial charge in [-0.25, -0.2) is 14.4 Å². The van der Waals surface area contributed by atoms with Crippen LogP contribution in [0.25, 0.3) is 11.3 Å². The van der Waals surface area contributed by atoms with E-state index < -0.39 is 0 Å². The first-order chi connectivity index (χ1) is 12.7. The molecule has 5 nitrogen and oxygen atoms in total. The first kappa shape index (κ1) is 16.7. The molecular weight excluding hydrogens is 351 g/mol. The molecule has 1 aliphatic heterocycles. The Bertz CT molecular complexity index is 890. The van der Waals surface area contributed by atoms with Crippen molar-refractivity contribution in [2.75, 3.05) is 31.1 Å². The maximum atomic E-state index is 13.1. The minimum absolute atomic E-state index is 0.0920. The molecule has 7 heteroatoms. The molecule has 1 aliphatic rings. The van der Waals surface area contributed by atoms with Gasteiger partial charge in [0.1, 0.15) is 18.0 Å². The van der Waals surface area contributed by atoms with E-state index in [1.54, 1.807) is 12.1 Å². The molecule has 132 valence electrons. The molecule has 0 unspecified atom stereocenters. The topological polar surface area (TPSA) is 49.3 Å². The van der Waals surface area contributed by atoms with Crippen LogP contribution >= 0.6 is 11.3 Å². The Morgan fingerprint density at radius 1 is 1.04 bits per heavy atom. The minimum Gasteiger partial charge on any atom is -0.353 e. The van der Waals surface area contributed by atoms with Crippen LogP contribution < -0.4 is 4.90 Å². The van der Waals surface area contributed by atoms with Crippen molar-refractivity contribution < 1.29 is 9.18 Å². The van der Waals surface area contributed by atoms with Crippen LogP contribution in [-0.4, -0.2) is 47.0 Å². The molecule has 0 aliphatic carbocycles. The Labute approximate surface area is 154 Å². The number of nitrogens with zero attached hydrogens (tertiary/aromatic N) is 4. The van der Waals surface area contributed by atoms with Crippen LogP contribution in [0, 0.1) is 5.82 Å². The molecule has 0 radical (unpaired) electrons. The van der Waals surface area contributed by atoms with Crippen molar-refractivity contribution in [1.29, 1.82) is 0 Å². The van der Waals surface area contributed by atoms with Crippen molar-refractivity contribution in [2.24, 2.45) is 0 Å². The second kappa shape index (κ2) is 7.21. The number of hydrogen-bond acceptors (Lipinski definition) is 5. The summed E-state index contributed by atoms with van der Waals surface area (Å²) in [5.74, 6) is 0.645. The van der Waals surface area contributed by atoms with Crippen LogP contribution in [0.15, 0.2) is 54.2 Å². The van der Waals surface area contributed by atoms with Gasteiger partial charge in [-0.3, -0.25) is 4.79 Å². The van der Waals surface area contributed by atoms with Crippen molar-refractivity contribution in [2.45, 2.75) is 0 Å². The van der Waals surface area contributed by atoms with E-state index in [1.165, 1.54) is 29.8 Å². The first-order valence-corrected chi connectivity index (χ1v) is 9.24. The third kappa shape index (κ3) is 3.43. The zero-order chi connectivity index (χ0) is 17.9. The lowest BCUT2D eigenvalue weighted by Crippen LogP contribution is -2.48. The Morgan fingerprint density at radius 3 is 2.50 bits per heavy atom. The fraction of sp³-hybridized carbons (Fsp3) is 0.211. The number of carbonyl (C=O) groups is 1. The number of halogens is 1. The molecule has 3 aromatic rings. The number of amides is 1. The summed E-state index contributed by atoms with van der Waals surface area (Å²) in [4.78, 5) is 25.9. The largest absolute Gasteiger partial charge is 0.353 e. The molecule has 1 amide bonds. The summed E-state index contributed by atoms with van der Waals surface area (Å²) < 4.78 is 13.1. The predicted octanol–water partition coefficient (Wildman–Crippen LogP) is 3.31. The van der Waals surface area contributed by atoms with E-state index in [4.69, 9.17) is 0 Å². The summed E-state index contributed by atoms with van der Waals surface area (Å²) in [5, 5.41) is 1.92. The van der Waals surface area contributed by atoms with Crippen LogP contribution in [0.4, 0.5) is 10.2 Å². The van der Waals surface area contributed by atoms with Gasteiger partial charge in [0.15, 0.2) is 0 Å². The van der Waals surface area contributed by atoms with Gasteiger partial charge in [0, 0.05) is 37.8 Å². The summed E-state index contributed by atoms with van der Waals surface area (Å²) in [6.07, 6.45) is 1.52. The molecule has 4 rings (SSSR count). The highest BCUT2D eigenvalue weighted by atomic mass is 32.1. The van der Waals surface area contributed by atoms with E-state index in [0.29, 0.717) is 13.1 Å².